The van der Waals surface area contributed by atoms with Crippen LogP contribution in [-0.2, 0) is 21.4 Å². The summed E-state index contributed by atoms with van der Waals surface area (Å²) in [6, 6.07) is 16.8. The van der Waals surface area contributed by atoms with Crippen LogP contribution in [0.2, 0.25) is 0 Å². The summed E-state index contributed by atoms with van der Waals surface area (Å²) in [5.74, 6) is -0.340. The van der Waals surface area contributed by atoms with E-state index < -0.39 is 10.0 Å². The molecule has 1 aliphatic rings. The van der Waals surface area contributed by atoms with Crippen molar-refractivity contribution in [2.24, 2.45) is 0 Å². The molecular weight excluding hydrogens is 362 g/mol. The summed E-state index contributed by atoms with van der Waals surface area (Å²) in [6.07, 6.45) is 3.57. The zero-order valence-electron chi connectivity index (χ0n) is 15.5. The molecule has 0 aromatic heterocycles. The van der Waals surface area contributed by atoms with Crippen molar-refractivity contribution < 1.29 is 13.2 Å². The number of nitrogens with zero attached hydrogens (tertiary/aromatic N) is 2. The molecule has 0 saturated carbocycles. The minimum atomic E-state index is -3.54. The number of rotatable bonds is 7. The summed E-state index contributed by atoms with van der Waals surface area (Å²) >= 11 is 0. The van der Waals surface area contributed by atoms with Gasteiger partial charge >= 0.3 is 0 Å². The van der Waals surface area contributed by atoms with Gasteiger partial charge in [-0.05, 0) is 42.7 Å². The molecule has 0 bridgehead atoms. The van der Waals surface area contributed by atoms with E-state index in [4.69, 9.17) is 0 Å². The number of benzene rings is 2. The number of carbonyl (C=O) groups excluding carboxylic acids is 1. The highest BCUT2D eigenvalue weighted by atomic mass is 32.2. The molecule has 2 aromatic carbocycles. The van der Waals surface area contributed by atoms with Crippen molar-refractivity contribution in [3.63, 3.8) is 0 Å². The minimum Gasteiger partial charge on any atom is -0.372 e. The fraction of sp³-hybridized carbons (Fsp3) is 0.350. The maximum Gasteiger partial charge on any atom is 0.241 e. The molecule has 1 N–H and O–H groups in total. The van der Waals surface area contributed by atoms with Gasteiger partial charge in [0, 0.05) is 25.3 Å². The third kappa shape index (κ3) is 5.23. The van der Waals surface area contributed by atoms with Crippen LogP contribution in [0.15, 0.2) is 54.6 Å². The van der Waals surface area contributed by atoms with E-state index >= 15 is 0 Å². The van der Waals surface area contributed by atoms with Gasteiger partial charge in [-0.3, -0.25) is 9.10 Å². The maximum atomic E-state index is 12.3. The Bertz CT molecular complexity index is 861. The van der Waals surface area contributed by atoms with Gasteiger partial charge in [0.25, 0.3) is 0 Å². The number of amides is 1. The van der Waals surface area contributed by atoms with Gasteiger partial charge in [-0.2, -0.15) is 0 Å². The highest BCUT2D eigenvalue weighted by Crippen LogP contribution is 2.20. The molecule has 1 saturated heterocycles. The van der Waals surface area contributed by atoms with E-state index in [1.54, 1.807) is 30.3 Å². The molecule has 3 rings (SSSR count). The number of nitrogens with one attached hydrogen (secondary N) is 1. The summed E-state index contributed by atoms with van der Waals surface area (Å²) < 4.78 is 25.2. The first-order valence-electron chi connectivity index (χ1n) is 9.07. The first-order valence-corrected chi connectivity index (χ1v) is 10.9. The van der Waals surface area contributed by atoms with E-state index in [0.29, 0.717) is 12.2 Å². The second kappa shape index (κ2) is 8.43. The number of para-hydroxylation sites is 1. The summed E-state index contributed by atoms with van der Waals surface area (Å²) in [7, 11) is -3.54. The monoisotopic (exact) mass is 387 g/mol. The molecule has 144 valence electrons. The molecule has 6 nitrogen and oxygen atoms in total. The third-order valence-electron chi connectivity index (χ3n) is 4.63. The van der Waals surface area contributed by atoms with Crippen LogP contribution >= 0.6 is 0 Å². The first kappa shape index (κ1) is 19.2. The fourth-order valence-electron chi connectivity index (χ4n) is 3.18. The van der Waals surface area contributed by atoms with Crippen LogP contribution in [0.5, 0.6) is 0 Å². The standard InChI is InChI=1S/C20H25N3O3S/c1-27(25,26)23(19-7-3-2-4-8-19)16-20(24)21-15-17-9-11-18(12-10-17)22-13-5-6-14-22/h2-4,7-12H,5-6,13-16H2,1H3,(H,21,24). The zero-order chi connectivity index (χ0) is 19.3. The Morgan fingerprint density at radius 3 is 2.26 bits per heavy atom. The lowest BCUT2D eigenvalue weighted by molar-refractivity contribution is -0.119. The topological polar surface area (TPSA) is 69.7 Å². The lowest BCUT2D eigenvalue weighted by Crippen LogP contribution is -2.40. The number of hydrogen-bond acceptors (Lipinski definition) is 4. The van der Waals surface area contributed by atoms with Crippen LogP contribution in [0.1, 0.15) is 18.4 Å². The van der Waals surface area contributed by atoms with E-state index in [9.17, 15) is 13.2 Å². The van der Waals surface area contributed by atoms with Gasteiger partial charge in [0.1, 0.15) is 6.54 Å². The van der Waals surface area contributed by atoms with Crippen molar-refractivity contribution in [2.75, 3.05) is 35.1 Å². The molecule has 0 aliphatic carbocycles. The zero-order valence-corrected chi connectivity index (χ0v) is 16.3. The summed E-state index contributed by atoms with van der Waals surface area (Å²) in [6.45, 7) is 2.31. The van der Waals surface area contributed by atoms with Crippen molar-refractivity contribution in [2.45, 2.75) is 19.4 Å². The normalized spacial score (nSPS) is 14.2. The highest BCUT2D eigenvalue weighted by molar-refractivity contribution is 7.92. The highest BCUT2D eigenvalue weighted by Gasteiger charge is 2.20. The minimum absolute atomic E-state index is 0.241. The Morgan fingerprint density at radius 1 is 1.04 bits per heavy atom. The van der Waals surface area contributed by atoms with E-state index in [1.807, 2.05) is 12.1 Å². The van der Waals surface area contributed by atoms with Gasteiger partial charge in [0.2, 0.25) is 15.9 Å². The van der Waals surface area contributed by atoms with Gasteiger partial charge in [-0.1, -0.05) is 30.3 Å². The van der Waals surface area contributed by atoms with Crippen molar-refractivity contribution >= 4 is 27.3 Å². The molecular formula is C20H25N3O3S. The van der Waals surface area contributed by atoms with Gasteiger partial charge in [-0.15, -0.1) is 0 Å². The molecule has 1 aliphatic heterocycles. The third-order valence-corrected chi connectivity index (χ3v) is 5.77. The molecule has 27 heavy (non-hydrogen) atoms. The fourth-order valence-corrected chi connectivity index (χ4v) is 4.04. The number of anilines is 2. The first-order chi connectivity index (χ1) is 12.9. The molecule has 0 atom stereocenters. The Morgan fingerprint density at radius 2 is 1.67 bits per heavy atom. The average Bonchev–Trinajstić information content (AvgIpc) is 3.19. The van der Waals surface area contributed by atoms with Crippen LogP contribution in [0.3, 0.4) is 0 Å². The lowest BCUT2D eigenvalue weighted by Gasteiger charge is -2.22. The quantitative estimate of drug-likeness (QED) is 0.792. The summed E-state index contributed by atoms with van der Waals surface area (Å²) in [4.78, 5) is 14.7. The Labute approximate surface area is 160 Å². The van der Waals surface area contributed by atoms with Crippen molar-refractivity contribution in [3.8, 4) is 0 Å². The molecule has 1 fully saturated rings. The van der Waals surface area contributed by atoms with Crippen molar-refractivity contribution in [3.05, 3.63) is 60.2 Å². The maximum absolute atomic E-state index is 12.3. The largest absolute Gasteiger partial charge is 0.372 e. The average molecular weight is 388 g/mol. The number of hydrogen-bond donors (Lipinski definition) is 1. The SMILES string of the molecule is CS(=O)(=O)N(CC(=O)NCc1ccc(N2CCCC2)cc1)c1ccccc1. The molecule has 0 radical (unpaired) electrons. The van der Waals surface area contributed by atoms with Gasteiger partial charge in [0.15, 0.2) is 0 Å². The lowest BCUT2D eigenvalue weighted by atomic mass is 10.2. The molecule has 1 heterocycles. The van der Waals surface area contributed by atoms with E-state index in [-0.39, 0.29) is 12.5 Å². The predicted molar refractivity (Wildman–Crippen MR) is 108 cm³/mol. The van der Waals surface area contributed by atoms with E-state index in [1.165, 1.54) is 18.5 Å². The number of sulfonamides is 1. The van der Waals surface area contributed by atoms with E-state index in [2.05, 4.69) is 22.3 Å². The Kier molecular flexibility index (Phi) is 6.01. The Hall–Kier alpha value is -2.54. The van der Waals surface area contributed by atoms with Crippen molar-refractivity contribution in [1.29, 1.82) is 0 Å². The van der Waals surface area contributed by atoms with Crippen LogP contribution in [0, 0.1) is 0 Å². The Balaban J connectivity index is 1.58. The number of carbonyl (C=O) groups is 1. The molecule has 7 heteroatoms. The second-order valence-electron chi connectivity index (χ2n) is 6.74. The van der Waals surface area contributed by atoms with E-state index in [0.717, 1.165) is 29.2 Å². The van der Waals surface area contributed by atoms with Gasteiger partial charge in [-0.25, -0.2) is 8.42 Å². The molecule has 0 unspecified atom stereocenters. The van der Waals surface area contributed by atoms with Crippen LogP contribution < -0.4 is 14.5 Å². The van der Waals surface area contributed by atoms with Crippen molar-refractivity contribution in [1.82, 2.24) is 5.32 Å². The summed E-state index contributed by atoms with van der Waals surface area (Å²) in [5, 5.41) is 2.80. The predicted octanol–water partition coefficient (Wildman–Crippen LogP) is 2.37. The smallest absolute Gasteiger partial charge is 0.241 e. The molecule has 0 spiro atoms. The van der Waals surface area contributed by atoms with Crippen LogP contribution in [0.4, 0.5) is 11.4 Å². The van der Waals surface area contributed by atoms with Gasteiger partial charge in [0.05, 0.1) is 11.9 Å². The molecule has 1 amide bonds. The second-order valence-corrected chi connectivity index (χ2v) is 8.65. The summed E-state index contributed by atoms with van der Waals surface area (Å²) in [5.41, 5.74) is 2.66. The van der Waals surface area contributed by atoms with Gasteiger partial charge < -0.3 is 10.2 Å². The van der Waals surface area contributed by atoms with Crippen LogP contribution in [0.25, 0.3) is 0 Å². The molecule has 2 aromatic rings. The van der Waals surface area contributed by atoms with Crippen LogP contribution in [-0.4, -0.2) is 40.2 Å².